The van der Waals surface area contributed by atoms with Crippen LogP contribution in [0.25, 0.3) is 0 Å². The number of allylic oxidation sites excluding steroid dienone is 2. The Labute approximate surface area is 78.5 Å². The predicted octanol–water partition coefficient (Wildman–Crippen LogP) is 3.50. The molecule has 0 aromatic carbocycles. The lowest BCUT2D eigenvalue weighted by atomic mass is 10.2. The van der Waals surface area contributed by atoms with E-state index in [1.807, 2.05) is 20.8 Å². The summed E-state index contributed by atoms with van der Waals surface area (Å²) in [6.07, 6.45) is 3.76. The van der Waals surface area contributed by atoms with Gasteiger partial charge in [0.25, 0.3) is 0 Å². The molecule has 0 aromatic rings. The molecule has 0 aromatic heterocycles. The second-order valence-corrected chi connectivity index (χ2v) is 3.33. The number of carbonyl (C=O) groups excluding carboxylic acids is 1. The molecule has 3 heteroatoms. The lowest BCUT2D eigenvalue weighted by Gasteiger charge is -2.08. The van der Waals surface area contributed by atoms with Gasteiger partial charge in [-0.1, -0.05) is 11.6 Å². The van der Waals surface area contributed by atoms with Crippen LogP contribution < -0.4 is 0 Å². The second-order valence-electron chi connectivity index (χ2n) is 3.02. The van der Waals surface area contributed by atoms with E-state index < -0.39 is 5.43 Å². The minimum absolute atomic E-state index is 0.0920. The predicted molar refractivity (Wildman–Crippen MR) is 50.5 cm³/mol. The van der Waals surface area contributed by atoms with Gasteiger partial charge in [0.15, 0.2) is 0 Å². The second kappa shape index (κ2) is 6.06. The monoisotopic (exact) mass is 190 g/mol. The number of halogens is 1. The first kappa shape index (κ1) is 11.5. The Bertz CT molecular complexity index is 171. The smallest absolute Gasteiger partial charge is 0.404 e. The summed E-state index contributed by atoms with van der Waals surface area (Å²) in [6, 6.07) is 0. The summed E-state index contributed by atoms with van der Waals surface area (Å²) < 4.78 is 4.73. The van der Waals surface area contributed by atoms with Gasteiger partial charge >= 0.3 is 5.43 Å². The van der Waals surface area contributed by atoms with E-state index in [0.29, 0.717) is 0 Å². The van der Waals surface area contributed by atoms with Gasteiger partial charge in [-0.3, -0.25) is 0 Å². The van der Waals surface area contributed by atoms with E-state index in [1.54, 1.807) is 0 Å². The highest BCUT2D eigenvalue weighted by Crippen LogP contribution is 2.06. The van der Waals surface area contributed by atoms with Crippen molar-refractivity contribution in [2.45, 2.75) is 39.7 Å². The summed E-state index contributed by atoms with van der Waals surface area (Å²) in [5.41, 5.74) is 0.555. The fraction of sp³-hybridized carbons (Fsp3) is 0.667. The van der Waals surface area contributed by atoms with Crippen molar-refractivity contribution >= 4 is 17.0 Å². The summed E-state index contributed by atoms with van der Waals surface area (Å²) in [7, 11) is 0. The molecule has 0 saturated carbocycles. The molecule has 0 aliphatic heterocycles. The molecule has 0 amide bonds. The fourth-order valence-corrected chi connectivity index (χ4v) is 0.976. The molecule has 0 fully saturated rings. The zero-order valence-corrected chi connectivity index (χ0v) is 8.52. The SMILES string of the molecule is CC(C)=CCCC(C)OC(=O)Cl. The van der Waals surface area contributed by atoms with E-state index in [9.17, 15) is 4.79 Å². The summed E-state index contributed by atoms with van der Waals surface area (Å²) >= 11 is 5.04. The Hall–Kier alpha value is -0.500. The molecule has 0 saturated heterocycles. The van der Waals surface area contributed by atoms with Crippen molar-refractivity contribution in [3.8, 4) is 0 Å². The van der Waals surface area contributed by atoms with Crippen LogP contribution in [-0.4, -0.2) is 11.5 Å². The highest BCUT2D eigenvalue weighted by molar-refractivity contribution is 6.61. The van der Waals surface area contributed by atoms with Crippen LogP contribution in [0, 0.1) is 0 Å². The van der Waals surface area contributed by atoms with Crippen molar-refractivity contribution in [3.63, 3.8) is 0 Å². The molecule has 1 unspecified atom stereocenters. The van der Waals surface area contributed by atoms with Gasteiger partial charge < -0.3 is 4.74 Å². The lowest BCUT2D eigenvalue weighted by Crippen LogP contribution is -2.08. The Morgan fingerprint density at radius 2 is 2.17 bits per heavy atom. The average molecular weight is 191 g/mol. The molecule has 2 nitrogen and oxygen atoms in total. The summed E-state index contributed by atoms with van der Waals surface area (Å²) in [4.78, 5) is 10.3. The molecule has 0 heterocycles. The zero-order valence-electron chi connectivity index (χ0n) is 7.76. The van der Waals surface area contributed by atoms with Crippen LogP contribution in [0.4, 0.5) is 4.79 Å². The molecule has 12 heavy (non-hydrogen) atoms. The van der Waals surface area contributed by atoms with Gasteiger partial charge in [-0.25, -0.2) is 4.79 Å². The topological polar surface area (TPSA) is 26.3 Å². The van der Waals surface area contributed by atoms with Crippen molar-refractivity contribution in [1.29, 1.82) is 0 Å². The van der Waals surface area contributed by atoms with E-state index in [2.05, 4.69) is 6.08 Å². The molecule has 0 radical (unpaired) electrons. The number of rotatable bonds is 4. The van der Waals surface area contributed by atoms with E-state index in [0.717, 1.165) is 12.8 Å². The minimum atomic E-state index is -0.722. The summed E-state index contributed by atoms with van der Waals surface area (Å²) in [6.45, 7) is 5.91. The minimum Gasteiger partial charge on any atom is -0.451 e. The number of hydrogen-bond acceptors (Lipinski definition) is 2. The van der Waals surface area contributed by atoms with Gasteiger partial charge in [-0.05, 0) is 33.6 Å². The van der Waals surface area contributed by atoms with Crippen molar-refractivity contribution in [2.24, 2.45) is 0 Å². The quantitative estimate of drug-likeness (QED) is 0.501. The van der Waals surface area contributed by atoms with Crippen LogP contribution in [-0.2, 0) is 4.74 Å². The maximum absolute atomic E-state index is 10.3. The maximum Gasteiger partial charge on any atom is 0.404 e. The van der Waals surface area contributed by atoms with Crippen LogP contribution in [0.15, 0.2) is 11.6 Å². The molecule has 1 atom stereocenters. The largest absolute Gasteiger partial charge is 0.451 e. The Kier molecular flexibility index (Phi) is 5.81. The zero-order chi connectivity index (χ0) is 9.56. The Morgan fingerprint density at radius 3 is 2.58 bits per heavy atom. The third-order valence-electron chi connectivity index (χ3n) is 1.42. The third-order valence-corrected chi connectivity index (χ3v) is 1.51. The lowest BCUT2D eigenvalue weighted by molar-refractivity contribution is 0.127. The van der Waals surface area contributed by atoms with Crippen molar-refractivity contribution in [2.75, 3.05) is 0 Å². The molecular formula is C9H15ClO2. The van der Waals surface area contributed by atoms with Crippen molar-refractivity contribution in [3.05, 3.63) is 11.6 Å². The standard InChI is InChI=1S/C9H15ClO2/c1-7(2)5-4-6-8(3)12-9(10)11/h5,8H,4,6H2,1-3H3. The number of hydrogen-bond donors (Lipinski definition) is 0. The molecule has 0 aliphatic rings. The molecule has 70 valence electrons. The van der Waals surface area contributed by atoms with Crippen LogP contribution >= 0.6 is 11.6 Å². The van der Waals surface area contributed by atoms with Crippen LogP contribution in [0.2, 0.25) is 0 Å². The highest BCUT2D eigenvalue weighted by atomic mass is 35.5. The van der Waals surface area contributed by atoms with Gasteiger partial charge in [-0.15, -0.1) is 0 Å². The molecular weight excluding hydrogens is 176 g/mol. The molecule has 0 spiro atoms. The van der Waals surface area contributed by atoms with Crippen LogP contribution in [0.1, 0.15) is 33.6 Å². The van der Waals surface area contributed by atoms with Crippen LogP contribution in [0.5, 0.6) is 0 Å². The van der Waals surface area contributed by atoms with Gasteiger partial charge in [0.2, 0.25) is 0 Å². The van der Waals surface area contributed by atoms with E-state index in [4.69, 9.17) is 16.3 Å². The molecule has 0 aliphatic carbocycles. The summed E-state index contributed by atoms with van der Waals surface area (Å²) in [5.74, 6) is 0. The van der Waals surface area contributed by atoms with Gasteiger partial charge in [0, 0.05) is 11.6 Å². The van der Waals surface area contributed by atoms with E-state index in [1.165, 1.54) is 5.57 Å². The Balaban J connectivity index is 3.50. The van der Waals surface area contributed by atoms with Crippen LogP contribution in [0.3, 0.4) is 0 Å². The molecule has 0 bridgehead atoms. The normalized spacial score (nSPS) is 12.0. The average Bonchev–Trinajstić information content (AvgIpc) is 1.84. The van der Waals surface area contributed by atoms with Gasteiger partial charge in [-0.2, -0.15) is 0 Å². The molecule has 0 rings (SSSR count). The Morgan fingerprint density at radius 1 is 1.58 bits per heavy atom. The van der Waals surface area contributed by atoms with Crippen molar-refractivity contribution in [1.82, 2.24) is 0 Å². The maximum atomic E-state index is 10.3. The van der Waals surface area contributed by atoms with Gasteiger partial charge in [0.05, 0.1) is 0 Å². The first-order chi connectivity index (χ1) is 5.52. The summed E-state index contributed by atoms with van der Waals surface area (Å²) in [5, 5.41) is 0. The van der Waals surface area contributed by atoms with E-state index >= 15 is 0 Å². The van der Waals surface area contributed by atoms with Crippen molar-refractivity contribution < 1.29 is 9.53 Å². The third kappa shape index (κ3) is 7.61. The highest BCUT2D eigenvalue weighted by Gasteiger charge is 2.04. The first-order valence-electron chi connectivity index (χ1n) is 4.02. The number of ether oxygens (including phenoxy) is 1. The van der Waals surface area contributed by atoms with Gasteiger partial charge in [0.1, 0.15) is 6.10 Å². The fourth-order valence-electron chi connectivity index (χ4n) is 0.824. The molecule has 0 N–H and O–H groups in total. The first-order valence-corrected chi connectivity index (χ1v) is 4.39. The van der Waals surface area contributed by atoms with E-state index in [-0.39, 0.29) is 6.10 Å². The number of carbonyl (C=O) groups is 1.